The maximum absolute atomic E-state index is 6.23. The third-order valence-electron chi connectivity index (χ3n) is 4.10. The fourth-order valence-electron chi connectivity index (χ4n) is 2.72. The van der Waals surface area contributed by atoms with E-state index in [1.54, 1.807) is 6.07 Å². The van der Waals surface area contributed by atoms with Crippen molar-refractivity contribution in [3.63, 3.8) is 0 Å². The number of benzene rings is 3. The van der Waals surface area contributed by atoms with Crippen molar-refractivity contribution < 1.29 is 4.42 Å². The third kappa shape index (κ3) is 4.04. The minimum atomic E-state index is 0.409. The van der Waals surface area contributed by atoms with Gasteiger partial charge < -0.3 is 9.73 Å². The predicted octanol–water partition coefficient (Wildman–Crippen LogP) is 6.43. The molecule has 0 atom stereocenters. The van der Waals surface area contributed by atoms with E-state index in [1.807, 2.05) is 66.7 Å². The Balaban J connectivity index is 1.60. The van der Waals surface area contributed by atoms with Crippen molar-refractivity contribution in [2.45, 2.75) is 6.54 Å². The molecule has 4 rings (SSSR count). The Labute approximate surface area is 170 Å². The Kier molecular flexibility index (Phi) is 5.23. The number of anilines is 1. The number of hydrogen-bond donors (Lipinski definition) is 1. The first-order chi connectivity index (χ1) is 13.2. The number of nitrogens with zero attached hydrogens (tertiary/aromatic N) is 2. The second kappa shape index (κ2) is 7.94. The zero-order valence-corrected chi connectivity index (χ0v) is 16.5. The zero-order valence-electron chi connectivity index (χ0n) is 14.2. The van der Waals surface area contributed by atoms with Crippen molar-refractivity contribution in [1.29, 1.82) is 0 Å². The molecule has 0 spiro atoms. The van der Waals surface area contributed by atoms with Gasteiger partial charge in [-0.05, 0) is 48.0 Å². The number of nitrogens with one attached hydrogen (secondary N) is 1. The summed E-state index contributed by atoms with van der Waals surface area (Å²) in [5, 5.41) is 12.4. The lowest BCUT2D eigenvalue weighted by atomic mass is 10.1. The zero-order chi connectivity index (χ0) is 18.6. The van der Waals surface area contributed by atoms with E-state index in [2.05, 4.69) is 31.4 Å². The standard InChI is InChI=1S/C21H15BrClN3O/c22-15-9-11-16(12-10-15)24-13-14-5-1-2-6-17(14)20-25-26-21(27-20)18-7-3-4-8-19(18)23/h1-12,24H,13H2. The first kappa shape index (κ1) is 17.8. The van der Waals surface area contributed by atoms with Crippen LogP contribution in [0.4, 0.5) is 5.69 Å². The highest BCUT2D eigenvalue weighted by Gasteiger charge is 2.15. The molecule has 0 radical (unpaired) electrons. The number of rotatable bonds is 5. The van der Waals surface area contributed by atoms with Gasteiger partial charge in [0.05, 0.1) is 10.6 Å². The van der Waals surface area contributed by atoms with Crippen LogP contribution in [0.1, 0.15) is 5.56 Å². The summed E-state index contributed by atoms with van der Waals surface area (Å²) in [6.07, 6.45) is 0. The van der Waals surface area contributed by atoms with Crippen molar-refractivity contribution >= 4 is 33.2 Å². The lowest BCUT2D eigenvalue weighted by Crippen LogP contribution is -2.01. The molecule has 4 nitrogen and oxygen atoms in total. The Morgan fingerprint density at radius 1 is 0.815 bits per heavy atom. The van der Waals surface area contributed by atoms with Crippen molar-refractivity contribution in [2.24, 2.45) is 0 Å². The van der Waals surface area contributed by atoms with E-state index in [1.165, 1.54) is 0 Å². The van der Waals surface area contributed by atoms with Crippen molar-refractivity contribution in [3.8, 4) is 22.9 Å². The highest BCUT2D eigenvalue weighted by molar-refractivity contribution is 9.10. The number of aromatic nitrogens is 2. The lowest BCUT2D eigenvalue weighted by Gasteiger charge is -2.09. The predicted molar refractivity (Wildman–Crippen MR) is 112 cm³/mol. The Morgan fingerprint density at radius 3 is 2.19 bits per heavy atom. The van der Waals surface area contributed by atoms with Crippen LogP contribution in [0.5, 0.6) is 0 Å². The van der Waals surface area contributed by atoms with Gasteiger partial charge in [0, 0.05) is 22.3 Å². The molecule has 0 unspecified atom stereocenters. The molecule has 27 heavy (non-hydrogen) atoms. The van der Waals surface area contributed by atoms with Crippen LogP contribution in [0.2, 0.25) is 5.02 Å². The van der Waals surface area contributed by atoms with Crippen LogP contribution >= 0.6 is 27.5 Å². The average Bonchev–Trinajstić information content (AvgIpc) is 3.18. The molecule has 0 aliphatic carbocycles. The van der Waals surface area contributed by atoms with Gasteiger partial charge in [-0.15, -0.1) is 10.2 Å². The average molecular weight is 441 g/mol. The molecular weight excluding hydrogens is 426 g/mol. The third-order valence-corrected chi connectivity index (χ3v) is 4.96. The van der Waals surface area contributed by atoms with Crippen LogP contribution in [0, 0.1) is 0 Å². The first-order valence-corrected chi connectivity index (χ1v) is 9.54. The minimum absolute atomic E-state index is 0.409. The maximum atomic E-state index is 6.23. The molecule has 0 aliphatic heterocycles. The molecule has 6 heteroatoms. The van der Waals surface area contributed by atoms with Gasteiger partial charge in [-0.3, -0.25) is 0 Å². The normalized spacial score (nSPS) is 10.7. The number of hydrogen-bond acceptors (Lipinski definition) is 4. The van der Waals surface area contributed by atoms with Crippen LogP contribution in [-0.4, -0.2) is 10.2 Å². The highest BCUT2D eigenvalue weighted by atomic mass is 79.9. The molecule has 0 amide bonds. The highest BCUT2D eigenvalue weighted by Crippen LogP contribution is 2.30. The fraction of sp³-hybridized carbons (Fsp3) is 0.0476. The van der Waals surface area contributed by atoms with E-state index in [9.17, 15) is 0 Å². The Hall–Kier alpha value is -2.63. The van der Waals surface area contributed by atoms with E-state index in [4.69, 9.17) is 16.0 Å². The van der Waals surface area contributed by atoms with E-state index >= 15 is 0 Å². The summed E-state index contributed by atoms with van der Waals surface area (Å²) in [6, 6.07) is 23.4. The van der Waals surface area contributed by atoms with E-state index in [-0.39, 0.29) is 0 Å². The molecule has 1 heterocycles. The summed E-state index contributed by atoms with van der Waals surface area (Å²) >= 11 is 9.68. The molecule has 0 saturated carbocycles. The van der Waals surface area contributed by atoms with Gasteiger partial charge in [0.2, 0.25) is 11.8 Å². The van der Waals surface area contributed by atoms with Gasteiger partial charge >= 0.3 is 0 Å². The number of halogens is 2. The van der Waals surface area contributed by atoms with Crippen LogP contribution in [0.25, 0.3) is 22.9 Å². The molecule has 1 aromatic heterocycles. The van der Waals surface area contributed by atoms with E-state index in [0.29, 0.717) is 23.3 Å². The molecule has 0 fully saturated rings. The van der Waals surface area contributed by atoms with Gasteiger partial charge in [-0.25, -0.2) is 0 Å². The minimum Gasteiger partial charge on any atom is -0.416 e. The fourth-order valence-corrected chi connectivity index (χ4v) is 3.20. The summed E-state index contributed by atoms with van der Waals surface area (Å²) in [5.74, 6) is 0.879. The molecule has 0 aliphatic rings. The van der Waals surface area contributed by atoms with Crippen LogP contribution in [-0.2, 0) is 6.54 Å². The maximum Gasteiger partial charge on any atom is 0.249 e. The molecule has 4 aromatic rings. The molecule has 0 saturated heterocycles. The van der Waals surface area contributed by atoms with Crippen molar-refractivity contribution in [3.05, 3.63) is 87.9 Å². The summed E-state index contributed by atoms with van der Waals surface area (Å²) < 4.78 is 6.95. The summed E-state index contributed by atoms with van der Waals surface area (Å²) in [6.45, 7) is 0.640. The topological polar surface area (TPSA) is 51.0 Å². The van der Waals surface area contributed by atoms with Gasteiger partial charge in [-0.1, -0.05) is 57.9 Å². The van der Waals surface area contributed by atoms with E-state index in [0.717, 1.165) is 26.9 Å². The quantitative estimate of drug-likeness (QED) is 0.388. The van der Waals surface area contributed by atoms with Crippen LogP contribution in [0.15, 0.2) is 81.7 Å². The summed E-state index contributed by atoms with van der Waals surface area (Å²) in [5.41, 5.74) is 3.72. The largest absolute Gasteiger partial charge is 0.416 e. The smallest absolute Gasteiger partial charge is 0.249 e. The van der Waals surface area contributed by atoms with Gasteiger partial charge in [0.25, 0.3) is 0 Å². The molecule has 0 bridgehead atoms. The van der Waals surface area contributed by atoms with Crippen molar-refractivity contribution in [2.75, 3.05) is 5.32 Å². The molecule has 134 valence electrons. The van der Waals surface area contributed by atoms with Gasteiger partial charge in [-0.2, -0.15) is 0 Å². The molecule has 3 aromatic carbocycles. The second-order valence-corrected chi connectivity index (χ2v) is 7.23. The SMILES string of the molecule is Clc1ccccc1-c1nnc(-c2ccccc2CNc2ccc(Br)cc2)o1. The van der Waals surface area contributed by atoms with Gasteiger partial charge in [0.15, 0.2) is 0 Å². The summed E-state index contributed by atoms with van der Waals surface area (Å²) in [4.78, 5) is 0. The first-order valence-electron chi connectivity index (χ1n) is 8.37. The Morgan fingerprint density at radius 2 is 1.44 bits per heavy atom. The lowest BCUT2D eigenvalue weighted by molar-refractivity contribution is 0.584. The van der Waals surface area contributed by atoms with Crippen molar-refractivity contribution in [1.82, 2.24) is 10.2 Å². The molecule has 1 N–H and O–H groups in total. The Bertz CT molecular complexity index is 1060. The summed E-state index contributed by atoms with van der Waals surface area (Å²) in [7, 11) is 0. The second-order valence-electron chi connectivity index (χ2n) is 5.91. The molecular formula is C21H15BrClN3O. The van der Waals surface area contributed by atoms with Crippen LogP contribution in [0.3, 0.4) is 0 Å². The monoisotopic (exact) mass is 439 g/mol. The van der Waals surface area contributed by atoms with E-state index < -0.39 is 0 Å². The van der Waals surface area contributed by atoms with Crippen LogP contribution < -0.4 is 5.32 Å². The van der Waals surface area contributed by atoms with Gasteiger partial charge in [0.1, 0.15) is 0 Å².